The van der Waals surface area contributed by atoms with Gasteiger partial charge in [0.25, 0.3) is 0 Å². The van der Waals surface area contributed by atoms with Gasteiger partial charge >= 0.3 is 0 Å². The number of hydrogen-bond acceptors (Lipinski definition) is 0. The summed E-state index contributed by atoms with van der Waals surface area (Å²) in [6, 6.07) is 4.31. The van der Waals surface area contributed by atoms with Crippen LogP contribution in [0.2, 0.25) is 0 Å². The molecule has 1 aromatic carbocycles. The van der Waals surface area contributed by atoms with Crippen LogP contribution in [0, 0.1) is 57.1 Å². The normalized spacial score (nSPS) is 8.22. The Morgan fingerprint density at radius 1 is 0.778 bits per heavy atom. The van der Waals surface area contributed by atoms with Crippen molar-refractivity contribution in [1.82, 2.24) is 0 Å². The SMILES string of the molecule is Fc1ccc(F)cc1.[Kr]. The first-order chi connectivity index (χ1) is 3.79. The Bertz CT molecular complexity index is 150. The molecule has 0 spiro atoms. The number of rotatable bonds is 0. The fourth-order valence-electron chi connectivity index (χ4n) is 0.430. The zero-order valence-electron chi connectivity index (χ0n) is 4.42. The Kier molecular flexibility index (Phi) is 4.66. The Morgan fingerprint density at radius 3 is 1.22 bits per heavy atom. The van der Waals surface area contributed by atoms with Crippen molar-refractivity contribution in [3.05, 3.63) is 35.9 Å². The molecule has 0 aliphatic carbocycles. The fraction of sp³-hybridized carbons (Fsp3) is 0. The summed E-state index contributed by atoms with van der Waals surface area (Å²) in [6.45, 7) is 0. The molecule has 1 aromatic rings. The van der Waals surface area contributed by atoms with E-state index in [0.717, 1.165) is 24.3 Å². The largest absolute Gasteiger partial charge is 0.207 e. The molecular weight excluding hydrogens is 194 g/mol. The van der Waals surface area contributed by atoms with E-state index in [2.05, 4.69) is 0 Å². The van der Waals surface area contributed by atoms with Gasteiger partial charge in [-0.1, -0.05) is 0 Å². The van der Waals surface area contributed by atoms with Crippen molar-refractivity contribution in [2.45, 2.75) is 0 Å². The molecule has 0 nitrogen and oxygen atoms in total. The van der Waals surface area contributed by atoms with E-state index in [1.807, 2.05) is 0 Å². The minimum absolute atomic E-state index is 0. The van der Waals surface area contributed by atoms with Crippen LogP contribution in [0.3, 0.4) is 0 Å². The maximum Gasteiger partial charge on any atom is 0.123 e. The summed E-state index contributed by atoms with van der Waals surface area (Å²) in [5.41, 5.74) is 0. The van der Waals surface area contributed by atoms with E-state index in [4.69, 9.17) is 0 Å². The summed E-state index contributed by atoms with van der Waals surface area (Å²) in [5.74, 6) is -0.821. The van der Waals surface area contributed by atoms with Gasteiger partial charge in [-0.2, -0.15) is 0 Å². The van der Waals surface area contributed by atoms with Gasteiger partial charge in [0.2, 0.25) is 0 Å². The predicted octanol–water partition coefficient (Wildman–Crippen LogP) is 1.96. The Labute approximate surface area is 89.2 Å². The van der Waals surface area contributed by atoms with Crippen LogP contribution in [-0.2, 0) is 0 Å². The van der Waals surface area contributed by atoms with Gasteiger partial charge in [-0.15, -0.1) is 0 Å². The third kappa shape index (κ3) is 3.30. The molecule has 0 aliphatic rings. The summed E-state index contributed by atoms with van der Waals surface area (Å²) in [7, 11) is 0. The van der Waals surface area contributed by atoms with E-state index < -0.39 is 11.6 Å². The minimum atomic E-state index is -0.411. The van der Waals surface area contributed by atoms with E-state index in [0.29, 0.717) is 0 Å². The monoisotopic (exact) mass is 198 g/mol. The second kappa shape index (κ2) is 4.39. The van der Waals surface area contributed by atoms with Crippen LogP contribution < -0.4 is 0 Å². The van der Waals surface area contributed by atoms with Gasteiger partial charge in [0.05, 0.1) is 0 Å². The van der Waals surface area contributed by atoms with Crippen LogP contribution in [0.15, 0.2) is 24.3 Å². The van der Waals surface area contributed by atoms with Crippen LogP contribution in [0.4, 0.5) is 8.78 Å². The van der Waals surface area contributed by atoms with Crippen molar-refractivity contribution in [2.24, 2.45) is 0 Å². The second-order valence-electron chi connectivity index (χ2n) is 1.44. The quantitative estimate of drug-likeness (QED) is 0.597. The topological polar surface area (TPSA) is 0 Å². The molecule has 0 N–H and O–H groups in total. The molecule has 0 saturated heterocycles. The average Bonchev–Trinajstić information content (AvgIpc) is 1.77. The standard InChI is InChI=1S/C6H4F2.Kr/c7-5-1-2-6(8)4-3-5;/h1-4H;. The summed E-state index contributed by atoms with van der Waals surface area (Å²) < 4.78 is 23.8. The van der Waals surface area contributed by atoms with E-state index >= 15 is 0 Å². The average molecular weight is 198 g/mol. The molecule has 0 bridgehead atoms. The maximum atomic E-state index is 11.9. The van der Waals surface area contributed by atoms with Crippen molar-refractivity contribution >= 4 is 0 Å². The van der Waals surface area contributed by atoms with E-state index in [9.17, 15) is 8.78 Å². The van der Waals surface area contributed by atoms with Crippen molar-refractivity contribution in [1.29, 1.82) is 0 Å². The molecule has 0 saturated carbocycles. The molecule has 0 aliphatic heterocycles. The molecule has 0 radical (unpaired) electrons. The fourth-order valence-corrected chi connectivity index (χ4v) is 0.430. The van der Waals surface area contributed by atoms with Crippen molar-refractivity contribution < 1.29 is 54.3 Å². The van der Waals surface area contributed by atoms with E-state index in [1.165, 1.54) is 0 Å². The van der Waals surface area contributed by atoms with Gasteiger partial charge in [-0.05, 0) is 24.3 Å². The molecule has 0 heterocycles. The van der Waals surface area contributed by atoms with Crippen molar-refractivity contribution in [3.8, 4) is 0 Å². The first kappa shape index (κ1) is 9.56. The zero-order valence-corrected chi connectivity index (χ0v) is 5.90. The van der Waals surface area contributed by atoms with Gasteiger partial charge in [0, 0.05) is 45.5 Å². The molecule has 0 aromatic heterocycles. The summed E-state index contributed by atoms with van der Waals surface area (Å²) in [5, 5.41) is 0. The van der Waals surface area contributed by atoms with Gasteiger partial charge in [0.15, 0.2) is 0 Å². The van der Waals surface area contributed by atoms with Crippen LogP contribution in [0.25, 0.3) is 0 Å². The summed E-state index contributed by atoms with van der Waals surface area (Å²) >= 11 is 0. The second-order valence-corrected chi connectivity index (χ2v) is 1.44. The van der Waals surface area contributed by atoms with Crippen LogP contribution in [0.1, 0.15) is 0 Å². The first-order valence-electron chi connectivity index (χ1n) is 2.20. The number of halogens is 2. The molecule has 0 amide bonds. The molecule has 50 valence electrons. The first-order valence-corrected chi connectivity index (χ1v) is 2.20. The van der Waals surface area contributed by atoms with E-state index in [1.54, 1.807) is 0 Å². The van der Waals surface area contributed by atoms with Crippen LogP contribution in [0.5, 0.6) is 0 Å². The maximum absolute atomic E-state index is 11.9. The molecule has 9 heavy (non-hydrogen) atoms. The van der Waals surface area contributed by atoms with Crippen molar-refractivity contribution in [3.63, 3.8) is 0 Å². The van der Waals surface area contributed by atoms with Gasteiger partial charge in [-0.3, -0.25) is 0 Å². The van der Waals surface area contributed by atoms with Crippen LogP contribution in [-0.4, -0.2) is 0 Å². The zero-order chi connectivity index (χ0) is 5.98. The third-order valence-electron chi connectivity index (χ3n) is 0.804. The van der Waals surface area contributed by atoms with Crippen LogP contribution >= 0.6 is 0 Å². The Hall–Kier alpha value is 0.561. The van der Waals surface area contributed by atoms with Gasteiger partial charge in [0.1, 0.15) is 11.6 Å². The number of hydrogen-bond donors (Lipinski definition) is 0. The molecular formula is C6H4F2Kr. The minimum Gasteiger partial charge on any atom is -0.207 e. The molecule has 0 unspecified atom stereocenters. The van der Waals surface area contributed by atoms with Crippen molar-refractivity contribution in [2.75, 3.05) is 0 Å². The molecule has 0 atom stereocenters. The van der Waals surface area contributed by atoms with Gasteiger partial charge in [-0.25, -0.2) is 8.78 Å². The Morgan fingerprint density at radius 2 is 1.00 bits per heavy atom. The third-order valence-corrected chi connectivity index (χ3v) is 0.804. The number of benzene rings is 1. The molecule has 1 rings (SSSR count). The molecule has 3 heteroatoms. The van der Waals surface area contributed by atoms with Gasteiger partial charge < -0.3 is 0 Å². The predicted molar refractivity (Wildman–Crippen MR) is 26.4 cm³/mol. The van der Waals surface area contributed by atoms with E-state index in [-0.39, 0.29) is 45.5 Å². The Balaban J connectivity index is 0.000000640. The molecule has 0 fully saturated rings. The smallest absolute Gasteiger partial charge is 0.123 e. The summed E-state index contributed by atoms with van der Waals surface area (Å²) in [6.07, 6.45) is 0. The summed E-state index contributed by atoms with van der Waals surface area (Å²) in [4.78, 5) is 0.